The Balaban J connectivity index is 2.88. The Hall–Kier alpha value is -3.42. The van der Waals surface area contributed by atoms with Gasteiger partial charge < -0.3 is 42.9 Å². The van der Waals surface area contributed by atoms with Crippen molar-refractivity contribution in [2.75, 3.05) is 13.1 Å². The number of nitrogens with two attached hydrogens (primary N) is 3. The van der Waals surface area contributed by atoms with Gasteiger partial charge in [-0.3, -0.25) is 24.2 Å². The summed E-state index contributed by atoms with van der Waals surface area (Å²) in [5.74, 6) is -4.51. The highest BCUT2D eigenvalue weighted by atomic mass is 16.4. The molecule has 1 aliphatic rings. The summed E-state index contributed by atoms with van der Waals surface area (Å²) >= 11 is 0. The first-order chi connectivity index (χ1) is 16.3. The van der Waals surface area contributed by atoms with E-state index < -0.39 is 60.2 Å². The molecule has 1 aliphatic heterocycles. The van der Waals surface area contributed by atoms with Crippen molar-refractivity contribution in [3.05, 3.63) is 0 Å². The van der Waals surface area contributed by atoms with Crippen LogP contribution in [0, 0.1) is 5.92 Å². The highest BCUT2D eigenvalue weighted by molar-refractivity contribution is 5.95. The molecule has 0 aromatic carbocycles. The van der Waals surface area contributed by atoms with Gasteiger partial charge in [0.25, 0.3) is 0 Å². The molecule has 0 aromatic rings. The molecule has 1 saturated heterocycles. The Bertz CT molecular complexity index is 814. The number of aliphatic imine (C=N–C) groups is 1. The Morgan fingerprint density at radius 1 is 1.09 bits per heavy atom. The van der Waals surface area contributed by atoms with Gasteiger partial charge in [0.1, 0.15) is 18.1 Å². The van der Waals surface area contributed by atoms with Crippen molar-refractivity contribution in [2.24, 2.45) is 28.1 Å². The summed E-state index contributed by atoms with van der Waals surface area (Å²) in [4.78, 5) is 66.0. The van der Waals surface area contributed by atoms with Crippen molar-refractivity contribution in [1.29, 1.82) is 0 Å². The van der Waals surface area contributed by atoms with Crippen LogP contribution in [0.1, 0.15) is 52.4 Å². The van der Waals surface area contributed by atoms with Crippen LogP contribution in [0.5, 0.6) is 0 Å². The van der Waals surface area contributed by atoms with E-state index in [9.17, 15) is 29.1 Å². The minimum absolute atomic E-state index is 0.0125. The number of hydrogen-bond donors (Lipinski definition) is 7. The molecule has 0 aliphatic carbocycles. The lowest BCUT2D eigenvalue weighted by molar-refractivity contribution is -0.144. The number of carbonyl (C=O) groups excluding carboxylic acids is 3. The SMILES string of the molecule is CC(C)CC(NC(=O)C1CCCN1C(=O)C(N)CC(=O)O)C(=O)NC(CCCN=C(N)N)C(=O)O. The van der Waals surface area contributed by atoms with E-state index in [0.29, 0.717) is 19.3 Å². The molecule has 198 valence electrons. The van der Waals surface area contributed by atoms with Crippen molar-refractivity contribution in [2.45, 2.75) is 76.5 Å². The third kappa shape index (κ3) is 10.2. The van der Waals surface area contributed by atoms with Crippen molar-refractivity contribution >= 4 is 35.6 Å². The topological polar surface area (TPSA) is 244 Å². The summed E-state index contributed by atoms with van der Waals surface area (Å²) in [5.41, 5.74) is 16.2. The summed E-state index contributed by atoms with van der Waals surface area (Å²) in [6.07, 6.45) is 0.898. The zero-order valence-electron chi connectivity index (χ0n) is 20.1. The molecular weight excluding hydrogens is 462 g/mol. The Morgan fingerprint density at radius 2 is 1.74 bits per heavy atom. The Morgan fingerprint density at radius 3 is 2.29 bits per heavy atom. The van der Waals surface area contributed by atoms with Gasteiger partial charge in [0.05, 0.1) is 12.5 Å². The summed E-state index contributed by atoms with van der Waals surface area (Å²) in [7, 11) is 0. The zero-order chi connectivity index (χ0) is 26.7. The molecule has 0 saturated carbocycles. The Kier molecular flexibility index (Phi) is 11.9. The Labute approximate surface area is 203 Å². The number of amides is 3. The number of nitrogens with zero attached hydrogens (tertiary/aromatic N) is 2. The van der Waals surface area contributed by atoms with Crippen molar-refractivity contribution < 1.29 is 34.2 Å². The van der Waals surface area contributed by atoms with Gasteiger partial charge in [-0.2, -0.15) is 0 Å². The van der Waals surface area contributed by atoms with E-state index in [2.05, 4.69) is 15.6 Å². The molecule has 1 rings (SSSR count). The maximum Gasteiger partial charge on any atom is 0.326 e. The van der Waals surface area contributed by atoms with Crippen LogP contribution in [0.3, 0.4) is 0 Å². The van der Waals surface area contributed by atoms with Crippen molar-refractivity contribution in [3.63, 3.8) is 0 Å². The predicted molar refractivity (Wildman–Crippen MR) is 126 cm³/mol. The highest BCUT2D eigenvalue weighted by Gasteiger charge is 2.38. The third-order valence-electron chi connectivity index (χ3n) is 5.45. The number of hydrogen-bond acceptors (Lipinski definition) is 7. The van der Waals surface area contributed by atoms with Gasteiger partial charge in [0.15, 0.2) is 5.96 Å². The number of carbonyl (C=O) groups is 5. The fourth-order valence-corrected chi connectivity index (χ4v) is 3.80. The van der Waals surface area contributed by atoms with Crippen molar-refractivity contribution in [1.82, 2.24) is 15.5 Å². The molecule has 1 fully saturated rings. The molecule has 1 heterocycles. The molecule has 10 N–H and O–H groups in total. The fraction of sp³-hybridized carbons (Fsp3) is 0.714. The van der Waals surface area contributed by atoms with Crippen LogP contribution in [0.15, 0.2) is 4.99 Å². The minimum atomic E-state index is -1.29. The lowest BCUT2D eigenvalue weighted by atomic mass is 10.0. The first-order valence-corrected chi connectivity index (χ1v) is 11.5. The van der Waals surface area contributed by atoms with Gasteiger partial charge in [-0.05, 0) is 38.0 Å². The number of nitrogens with one attached hydrogen (secondary N) is 2. The first kappa shape index (κ1) is 29.6. The maximum atomic E-state index is 13.0. The van der Waals surface area contributed by atoms with Crippen molar-refractivity contribution in [3.8, 4) is 0 Å². The summed E-state index contributed by atoms with van der Waals surface area (Å²) in [5, 5.41) is 23.4. The fourth-order valence-electron chi connectivity index (χ4n) is 3.80. The van der Waals surface area contributed by atoms with Crippen LogP contribution in [0.25, 0.3) is 0 Å². The number of carboxylic acid groups (broad SMARTS) is 2. The van der Waals surface area contributed by atoms with Gasteiger partial charge in [-0.25, -0.2) is 4.79 Å². The van der Waals surface area contributed by atoms with Gasteiger partial charge in [-0.1, -0.05) is 13.8 Å². The predicted octanol–water partition coefficient (Wildman–Crippen LogP) is -2.07. The second-order valence-corrected chi connectivity index (χ2v) is 8.93. The van der Waals surface area contributed by atoms with Gasteiger partial charge in [-0.15, -0.1) is 0 Å². The molecule has 14 nitrogen and oxygen atoms in total. The molecule has 14 heteroatoms. The first-order valence-electron chi connectivity index (χ1n) is 11.5. The molecule has 0 spiro atoms. The number of likely N-dealkylation sites (tertiary alicyclic amines) is 1. The summed E-state index contributed by atoms with van der Waals surface area (Å²) in [6, 6.07) is -4.43. The van der Waals surface area contributed by atoms with Crippen LogP contribution in [-0.2, 0) is 24.0 Å². The van der Waals surface area contributed by atoms with Gasteiger partial charge in [0.2, 0.25) is 17.7 Å². The van der Waals surface area contributed by atoms with E-state index >= 15 is 0 Å². The molecule has 4 atom stereocenters. The minimum Gasteiger partial charge on any atom is -0.481 e. The molecule has 0 radical (unpaired) electrons. The average Bonchev–Trinajstić information content (AvgIpc) is 3.23. The lowest BCUT2D eigenvalue weighted by Crippen LogP contribution is -2.57. The maximum absolute atomic E-state index is 13.0. The lowest BCUT2D eigenvalue weighted by Gasteiger charge is -2.29. The van der Waals surface area contributed by atoms with Crippen LogP contribution in [0.4, 0.5) is 0 Å². The van der Waals surface area contributed by atoms with Gasteiger partial charge >= 0.3 is 11.9 Å². The van der Waals surface area contributed by atoms with Crippen LogP contribution in [0.2, 0.25) is 0 Å². The number of rotatable bonds is 14. The van der Waals surface area contributed by atoms with Gasteiger partial charge in [0, 0.05) is 13.1 Å². The van der Waals surface area contributed by atoms with E-state index in [1.54, 1.807) is 0 Å². The van der Waals surface area contributed by atoms with E-state index in [0.717, 1.165) is 0 Å². The number of aliphatic carboxylic acids is 2. The normalized spacial score (nSPS) is 17.8. The smallest absolute Gasteiger partial charge is 0.326 e. The molecule has 3 amide bonds. The standard InChI is InChI=1S/C21H37N7O7/c1-11(2)9-14(17(31)26-13(20(34)35)5-3-7-25-21(23)24)27-18(32)15-6-4-8-28(15)19(33)12(22)10-16(29)30/h11-15H,3-10,22H2,1-2H3,(H,26,31)(H,27,32)(H,29,30)(H,34,35)(H4,23,24,25). The summed E-state index contributed by atoms with van der Waals surface area (Å²) in [6.45, 7) is 4.12. The molecule has 35 heavy (non-hydrogen) atoms. The second kappa shape index (κ2) is 14.1. The highest BCUT2D eigenvalue weighted by Crippen LogP contribution is 2.19. The van der Waals surface area contributed by atoms with Crippen LogP contribution < -0.4 is 27.8 Å². The number of carboxylic acids is 2. The van der Waals surface area contributed by atoms with E-state index in [-0.39, 0.29) is 37.8 Å². The van der Waals surface area contributed by atoms with E-state index in [1.807, 2.05) is 13.8 Å². The van der Waals surface area contributed by atoms with E-state index in [4.69, 9.17) is 22.3 Å². The summed E-state index contributed by atoms with van der Waals surface area (Å²) < 4.78 is 0. The molecule has 0 aromatic heterocycles. The largest absolute Gasteiger partial charge is 0.481 e. The average molecular weight is 500 g/mol. The van der Waals surface area contributed by atoms with E-state index in [1.165, 1.54) is 4.90 Å². The molecular formula is C21H37N7O7. The number of guanidine groups is 1. The second-order valence-electron chi connectivity index (χ2n) is 8.93. The van der Waals surface area contributed by atoms with Crippen LogP contribution >= 0.6 is 0 Å². The third-order valence-corrected chi connectivity index (χ3v) is 5.45. The monoisotopic (exact) mass is 499 g/mol. The molecule has 4 unspecified atom stereocenters. The molecule has 0 bridgehead atoms. The quantitative estimate of drug-likeness (QED) is 0.0781. The zero-order valence-corrected chi connectivity index (χ0v) is 20.1. The van der Waals surface area contributed by atoms with Crippen LogP contribution in [-0.4, -0.2) is 88.0 Å².